The fourth-order valence-corrected chi connectivity index (χ4v) is 3.31. The Morgan fingerprint density at radius 1 is 1.15 bits per heavy atom. The van der Waals surface area contributed by atoms with E-state index in [2.05, 4.69) is 5.32 Å². The van der Waals surface area contributed by atoms with E-state index < -0.39 is 5.97 Å². The number of nitrogens with zero attached hydrogens (tertiary/aromatic N) is 1. The van der Waals surface area contributed by atoms with Gasteiger partial charge in [-0.25, -0.2) is 4.79 Å². The van der Waals surface area contributed by atoms with E-state index in [1.165, 1.54) is 0 Å². The maximum Gasteiger partial charge on any atom is 0.337 e. The molecule has 2 heterocycles. The van der Waals surface area contributed by atoms with Gasteiger partial charge in [0.25, 0.3) is 0 Å². The van der Waals surface area contributed by atoms with Gasteiger partial charge in [0.15, 0.2) is 0 Å². The summed E-state index contributed by atoms with van der Waals surface area (Å²) in [5.41, 5.74) is 3.93. The summed E-state index contributed by atoms with van der Waals surface area (Å²) in [4.78, 5) is 11.8. The van der Waals surface area contributed by atoms with Crippen molar-refractivity contribution in [1.29, 1.82) is 0 Å². The number of hydrogen-bond donors (Lipinski definition) is 2. The number of carboxylic acids is 1. The van der Waals surface area contributed by atoms with E-state index in [1.807, 2.05) is 54.8 Å². The van der Waals surface area contributed by atoms with Gasteiger partial charge in [-0.1, -0.05) is 23.7 Å². The number of carbonyl (C=O) groups is 1. The fraction of sp³-hybridized carbons (Fsp3) is 0.250. The van der Waals surface area contributed by atoms with Crippen LogP contribution in [0.1, 0.15) is 38.6 Å². The molecular formula is C20H21ClN2O3. The third-order valence-corrected chi connectivity index (χ3v) is 4.81. The lowest BCUT2D eigenvalue weighted by molar-refractivity contribution is 0.0694. The summed E-state index contributed by atoms with van der Waals surface area (Å²) < 4.78 is 7.34. The molecular weight excluding hydrogens is 352 g/mol. The number of furan rings is 1. The number of rotatable bonds is 7. The lowest BCUT2D eigenvalue weighted by Crippen LogP contribution is -2.15. The van der Waals surface area contributed by atoms with Crippen molar-refractivity contribution in [3.8, 4) is 0 Å². The number of benzene rings is 1. The van der Waals surface area contributed by atoms with E-state index in [1.54, 1.807) is 6.26 Å². The maximum absolute atomic E-state index is 11.8. The lowest BCUT2D eigenvalue weighted by atomic mass is 10.1. The number of nitrogens with one attached hydrogen (secondary N) is 1. The average molecular weight is 373 g/mol. The van der Waals surface area contributed by atoms with Crippen LogP contribution in [0.2, 0.25) is 5.02 Å². The molecule has 0 atom stereocenters. The maximum atomic E-state index is 11.8. The van der Waals surface area contributed by atoms with Crippen LogP contribution in [0, 0.1) is 13.8 Å². The van der Waals surface area contributed by atoms with Crippen LogP contribution in [0.4, 0.5) is 0 Å². The first kappa shape index (κ1) is 18.3. The molecule has 0 saturated carbocycles. The van der Waals surface area contributed by atoms with Crippen LogP contribution < -0.4 is 5.32 Å². The van der Waals surface area contributed by atoms with Crippen molar-refractivity contribution in [1.82, 2.24) is 9.88 Å². The molecule has 5 nitrogen and oxygen atoms in total. The minimum Gasteiger partial charge on any atom is -0.478 e. The molecule has 0 aliphatic rings. The Morgan fingerprint density at radius 2 is 1.88 bits per heavy atom. The van der Waals surface area contributed by atoms with Gasteiger partial charge in [-0.3, -0.25) is 0 Å². The normalized spacial score (nSPS) is 11.0. The molecule has 0 unspecified atom stereocenters. The Balaban J connectivity index is 1.85. The molecule has 2 N–H and O–H groups in total. The quantitative estimate of drug-likeness (QED) is 0.645. The van der Waals surface area contributed by atoms with E-state index in [9.17, 15) is 9.90 Å². The second-order valence-corrected chi connectivity index (χ2v) is 6.66. The molecule has 1 aromatic carbocycles. The number of halogens is 1. The molecule has 26 heavy (non-hydrogen) atoms. The topological polar surface area (TPSA) is 67.4 Å². The predicted molar refractivity (Wildman–Crippen MR) is 101 cm³/mol. The first-order valence-corrected chi connectivity index (χ1v) is 8.74. The number of hydrogen-bond acceptors (Lipinski definition) is 3. The van der Waals surface area contributed by atoms with Gasteiger partial charge in [0.1, 0.15) is 5.76 Å². The van der Waals surface area contributed by atoms with Gasteiger partial charge in [-0.2, -0.15) is 0 Å². The molecule has 3 aromatic rings. The van der Waals surface area contributed by atoms with Crippen LogP contribution in [0.25, 0.3) is 0 Å². The molecule has 0 radical (unpaired) electrons. The first-order valence-electron chi connectivity index (χ1n) is 8.36. The summed E-state index contributed by atoms with van der Waals surface area (Å²) in [5.74, 6) is -0.0906. The highest BCUT2D eigenvalue weighted by Gasteiger charge is 2.22. The summed E-state index contributed by atoms with van der Waals surface area (Å²) in [6.07, 6.45) is 1.62. The summed E-state index contributed by atoms with van der Waals surface area (Å²) >= 11 is 5.95. The Labute approximate surface area is 157 Å². The highest BCUT2D eigenvalue weighted by atomic mass is 35.5. The monoisotopic (exact) mass is 372 g/mol. The lowest BCUT2D eigenvalue weighted by Gasteiger charge is -2.10. The number of aromatic nitrogens is 1. The molecule has 0 spiro atoms. The summed E-state index contributed by atoms with van der Waals surface area (Å²) in [5, 5.41) is 13.6. The Morgan fingerprint density at radius 3 is 2.50 bits per heavy atom. The van der Waals surface area contributed by atoms with Crippen molar-refractivity contribution in [2.75, 3.05) is 0 Å². The standard InChI is InChI=1S/C20H21ClN2O3/c1-13-18(11-22-10-17-4-3-9-26-17)19(20(24)25)14(2)23(13)12-15-5-7-16(21)8-6-15/h3-9,22H,10-12H2,1-2H3,(H,24,25). The third-order valence-electron chi connectivity index (χ3n) is 4.56. The molecule has 0 aliphatic heterocycles. The second-order valence-electron chi connectivity index (χ2n) is 6.23. The smallest absolute Gasteiger partial charge is 0.337 e. The van der Waals surface area contributed by atoms with Gasteiger partial charge in [0.2, 0.25) is 0 Å². The van der Waals surface area contributed by atoms with Gasteiger partial charge >= 0.3 is 5.97 Å². The van der Waals surface area contributed by atoms with Crippen LogP contribution in [0.15, 0.2) is 47.1 Å². The summed E-state index contributed by atoms with van der Waals surface area (Å²) in [7, 11) is 0. The van der Waals surface area contributed by atoms with Crippen LogP contribution >= 0.6 is 11.6 Å². The average Bonchev–Trinajstić information content (AvgIpc) is 3.19. The molecule has 136 valence electrons. The van der Waals surface area contributed by atoms with Crippen LogP contribution in [-0.2, 0) is 19.6 Å². The van der Waals surface area contributed by atoms with Gasteiger partial charge in [0, 0.05) is 35.1 Å². The molecule has 0 fully saturated rings. The number of carboxylic acid groups (broad SMARTS) is 1. The molecule has 2 aromatic heterocycles. The van der Waals surface area contributed by atoms with Crippen molar-refractivity contribution in [2.45, 2.75) is 33.5 Å². The molecule has 0 aliphatic carbocycles. The van der Waals surface area contributed by atoms with Crippen LogP contribution in [-0.4, -0.2) is 15.6 Å². The van der Waals surface area contributed by atoms with E-state index in [0.29, 0.717) is 30.2 Å². The van der Waals surface area contributed by atoms with E-state index in [-0.39, 0.29) is 0 Å². The molecule has 0 amide bonds. The molecule has 6 heteroatoms. The SMILES string of the molecule is Cc1c(CNCc2ccco2)c(C(=O)O)c(C)n1Cc1ccc(Cl)cc1. The van der Waals surface area contributed by atoms with Gasteiger partial charge in [0.05, 0.1) is 18.4 Å². The Bertz CT molecular complexity index is 896. The van der Waals surface area contributed by atoms with E-state index in [0.717, 1.165) is 28.3 Å². The number of aromatic carboxylic acids is 1. The molecule has 0 saturated heterocycles. The first-order chi connectivity index (χ1) is 12.5. The van der Waals surface area contributed by atoms with Crippen molar-refractivity contribution in [3.05, 3.63) is 81.5 Å². The zero-order valence-corrected chi connectivity index (χ0v) is 15.5. The minimum atomic E-state index is -0.907. The van der Waals surface area contributed by atoms with Crippen molar-refractivity contribution < 1.29 is 14.3 Å². The zero-order valence-electron chi connectivity index (χ0n) is 14.8. The molecule has 0 bridgehead atoms. The highest BCUT2D eigenvalue weighted by Crippen LogP contribution is 2.24. The van der Waals surface area contributed by atoms with E-state index >= 15 is 0 Å². The van der Waals surface area contributed by atoms with Crippen molar-refractivity contribution in [3.63, 3.8) is 0 Å². The minimum absolute atomic E-state index is 0.364. The Hall–Kier alpha value is -2.50. The Kier molecular flexibility index (Phi) is 5.49. The fourth-order valence-electron chi connectivity index (χ4n) is 3.18. The van der Waals surface area contributed by atoms with E-state index in [4.69, 9.17) is 16.0 Å². The largest absolute Gasteiger partial charge is 0.478 e. The molecule has 3 rings (SSSR count). The highest BCUT2D eigenvalue weighted by molar-refractivity contribution is 6.30. The van der Waals surface area contributed by atoms with Gasteiger partial charge in [-0.05, 0) is 43.7 Å². The van der Waals surface area contributed by atoms with Crippen LogP contribution in [0.5, 0.6) is 0 Å². The van der Waals surface area contributed by atoms with Crippen LogP contribution in [0.3, 0.4) is 0 Å². The second kappa shape index (κ2) is 7.81. The predicted octanol–water partition coefficient (Wildman–Crippen LogP) is 4.39. The third kappa shape index (κ3) is 3.84. The van der Waals surface area contributed by atoms with Crippen molar-refractivity contribution in [2.24, 2.45) is 0 Å². The van der Waals surface area contributed by atoms with Gasteiger partial charge < -0.3 is 19.4 Å². The zero-order chi connectivity index (χ0) is 18.7. The summed E-state index contributed by atoms with van der Waals surface area (Å²) in [6.45, 7) is 5.42. The van der Waals surface area contributed by atoms with Gasteiger partial charge in [-0.15, -0.1) is 0 Å². The summed E-state index contributed by atoms with van der Waals surface area (Å²) in [6, 6.07) is 11.3. The van der Waals surface area contributed by atoms with Crippen molar-refractivity contribution >= 4 is 17.6 Å².